The van der Waals surface area contributed by atoms with Gasteiger partial charge in [0.2, 0.25) is 0 Å². The van der Waals surface area contributed by atoms with Crippen LogP contribution in [0.2, 0.25) is 0 Å². The standard InChI is InChI=1S/C26H36O3S/c1-6-23-21-16-26(4,5)11-10-20(21)25(30-23)22(28)9-8-19-14-17(2)24(18(3)15-19)29-13-7-12-27/h14-15,27H,6-13,16H2,1-5H3. The molecule has 1 N–H and O–H groups in total. The summed E-state index contributed by atoms with van der Waals surface area (Å²) < 4.78 is 5.83. The Morgan fingerprint density at radius 2 is 1.90 bits per heavy atom. The second-order valence-electron chi connectivity index (χ2n) is 9.41. The predicted octanol–water partition coefficient (Wildman–Crippen LogP) is 6.02. The van der Waals surface area contributed by atoms with Crippen LogP contribution < -0.4 is 4.74 Å². The van der Waals surface area contributed by atoms with Gasteiger partial charge >= 0.3 is 0 Å². The molecule has 1 aromatic heterocycles. The maximum atomic E-state index is 13.2. The maximum Gasteiger partial charge on any atom is 0.173 e. The first kappa shape index (κ1) is 23.0. The van der Waals surface area contributed by atoms with Crippen molar-refractivity contribution in [1.82, 2.24) is 0 Å². The van der Waals surface area contributed by atoms with E-state index in [1.807, 2.05) is 0 Å². The molecule has 3 rings (SSSR count). The van der Waals surface area contributed by atoms with Crippen LogP contribution in [0.5, 0.6) is 5.75 Å². The molecule has 1 aromatic carbocycles. The Hall–Kier alpha value is -1.65. The lowest BCUT2D eigenvalue weighted by molar-refractivity contribution is 0.0985. The van der Waals surface area contributed by atoms with Crippen LogP contribution in [-0.4, -0.2) is 24.1 Å². The van der Waals surface area contributed by atoms with E-state index in [9.17, 15) is 4.79 Å². The average Bonchev–Trinajstić information content (AvgIpc) is 3.05. The Morgan fingerprint density at radius 3 is 2.53 bits per heavy atom. The van der Waals surface area contributed by atoms with Gasteiger partial charge in [-0.3, -0.25) is 4.79 Å². The molecule has 0 saturated carbocycles. The zero-order valence-corrected chi connectivity index (χ0v) is 20.0. The van der Waals surface area contributed by atoms with Gasteiger partial charge < -0.3 is 9.84 Å². The predicted molar refractivity (Wildman–Crippen MR) is 125 cm³/mol. The molecule has 2 aromatic rings. The lowest BCUT2D eigenvalue weighted by Crippen LogP contribution is -2.22. The number of hydrogen-bond donors (Lipinski definition) is 1. The van der Waals surface area contributed by atoms with Crippen LogP contribution in [0, 0.1) is 19.3 Å². The van der Waals surface area contributed by atoms with Crippen molar-refractivity contribution >= 4 is 17.1 Å². The smallest absolute Gasteiger partial charge is 0.173 e. The summed E-state index contributed by atoms with van der Waals surface area (Å²) in [5.74, 6) is 1.20. The minimum Gasteiger partial charge on any atom is -0.493 e. The highest BCUT2D eigenvalue weighted by atomic mass is 32.1. The van der Waals surface area contributed by atoms with E-state index >= 15 is 0 Å². The molecule has 0 aliphatic heterocycles. The van der Waals surface area contributed by atoms with Gasteiger partial charge in [-0.05, 0) is 79.2 Å². The highest BCUT2D eigenvalue weighted by molar-refractivity contribution is 7.14. The van der Waals surface area contributed by atoms with E-state index in [0.29, 0.717) is 30.6 Å². The average molecular weight is 429 g/mol. The number of fused-ring (bicyclic) bond motifs is 1. The van der Waals surface area contributed by atoms with Gasteiger partial charge in [0.15, 0.2) is 5.78 Å². The third-order valence-corrected chi connectivity index (χ3v) is 7.65. The fraction of sp³-hybridized carbons (Fsp3) is 0.577. The van der Waals surface area contributed by atoms with Crippen LogP contribution in [0.25, 0.3) is 0 Å². The lowest BCUT2D eigenvalue weighted by atomic mass is 9.74. The third kappa shape index (κ3) is 5.15. The molecule has 0 saturated heterocycles. The van der Waals surface area contributed by atoms with Gasteiger partial charge in [0.25, 0.3) is 0 Å². The van der Waals surface area contributed by atoms with E-state index in [1.165, 1.54) is 21.6 Å². The fourth-order valence-corrected chi connectivity index (χ4v) is 5.86. The second-order valence-corrected chi connectivity index (χ2v) is 10.5. The number of thiophene rings is 1. The summed E-state index contributed by atoms with van der Waals surface area (Å²) in [6, 6.07) is 4.27. The number of rotatable bonds is 9. The van der Waals surface area contributed by atoms with Crippen LogP contribution in [0.4, 0.5) is 0 Å². The van der Waals surface area contributed by atoms with E-state index in [-0.39, 0.29) is 6.61 Å². The molecule has 0 spiro atoms. The van der Waals surface area contributed by atoms with Crippen molar-refractivity contribution in [3.8, 4) is 5.75 Å². The SMILES string of the molecule is CCc1sc(C(=O)CCc2cc(C)c(OCCCO)c(C)c2)c2c1CC(C)(C)CC2. The monoisotopic (exact) mass is 428 g/mol. The number of Topliss-reactive ketones (excluding diaryl/α,β-unsaturated/α-hetero) is 1. The molecule has 164 valence electrons. The topological polar surface area (TPSA) is 46.5 Å². The summed E-state index contributed by atoms with van der Waals surface area (Å²) in [4.78, 5) is 15.6. The first-order valence-electron chi connectivity index (χ1n) is 11.3. The summed E-state index contributed by atoms with van der Waals surface area (Å²) in [6.07, 6.45) is 6.28. The molecular weight excluding hydrogens is 392 g/mol. The summed E-state index contributed by atoms with van der Waals surface area (Å²) in [5, 5.41) is 8.95. The summed E-state index contributed by atoms with van der Waals surface area (Å²) in [5.41, 5.74) is 6.54. The van der Waals surface area contributed by atoms with E-state index in [0.717, 1.165) is 53.9 Å². The number of aliphatic hydroxyl groups is 1. The van der Waals surface area contributed by atoms with Crippen LogP contribution in [0.1, 0.15) is 82.4 Å². The molecule has 1 heterocycles. The molecule has 0 amide bonds. The normalized spacial score (nSPS) is 15.1. The molecule has 0 unspecified atom stereocenters. The number of ketones is 1. The van der Waals surface area contributed by atoms with Crippen molar-refractivity contribution < 1.29 is 14.6 Å². The van der Waals surface area contributed by atoms with Gasteiger partial charge in [0, 0.05) is 24.3 Å². The molecule has 0 atom stereocenters. The highest BCUT2D eigenvalue weighted by Crippen LogP contribution is 2.42. The van der Waals surface area contributed by atoms with Gasteiger partial charge in [-0.15, -0.1) is 11.3 Å². The molecule has 3 nitrogen and oxygen atoms in total. The maximum absolute atomic E-state index is 13.2. The Kier molecular flexibility index (Phi) is 7.41. The van der Waals surface area contributed by atoms with Crippen LogP contribution in [0.3, 0.4) is 0 Å². The number of aryl methyl sites for hydroxylation is 4. The minimum atomic E-state index is 0.141. The molecule has 4 heteroatoms. The van der Waals surface area contributed by atoms with Crippen molar-refractivity contribution in [1.29, 1.82) is 0 Å². The van der Waals surface area contributed by atoms with Crippen LogP contribution in [-0.2, 0) is 25.7 Å². The molecule has 30 heavy (non-hydrogen) atoms. The van der Waals surface area contributed by atoms with Crippen molar-refractivity contribution in [3.63, 3.8) is 0 Å². The summed E-state index contributed by atoms with van der Waals surface area (Å²) in [6.45, 7) is 11.7. The van der Waals surface area contributed by atoms with Gasteiger partial charge in [-0.1, -0.05) is 32.9 Å². The van der Waals surface area contributed by atoms with Gasteiger partial charge in [0.1, 0.15) is 5.75 Å². The van der Waals surface area contributed by atoms with Crippen molar-refractivity contribution in [3.05, 3.63) is 49.7 Å². The number of carbonyl (C=O) groups is 1. The lowest BCUT2D eigenvalue weighted by Gasteiger charge is -2.30. The minimum absolute atomic E-state index is 0.141. The van der Waals surface area contributed by atoms with E-state index in [1.54, 1.807) is 11.3 Å². The fourth-order valence-electron chi connectivity index (χ4n) is 4.58. The largest absolute Gasteiger partial charge is 0.493 e. The Bertz CT molecular complexity index is 884. The van der Waals surface area contributed by atoms with Gasteiger partial charge in [-0.25, -0.2) is 0 Å². The number of hydrogen-bond acceptors (Lipinski definition) is 4. The summed E-state index contributed by atoms with van der Waals surface area (Å²) >= 11 is 1.75. The zero-order valence-electron chi connectivity index (χ0n) is 19.2. The molecule has 0 bridgehead atoms. The molecular formula is C26H36O3S. The molecule has 1 aliphatic rings. The molecule has 0 fully saturated rings. The molecule has 1 aliphatic carbocycles. The number of carbonyl (C=O) groups excluding carboxylic acids is 1. The van der Waals surface area contributed by atoms with Gasteiger partial charge in [0.05, 0.1) is 11.5 Å². The third-order valence-electron chi connectivity index (χ3n) is 6.19. The Labute approximate surface area is 185 Å². The van der Waals surface area contributed by atoms with Crippen molar-refractivity contribution in [2.24, 2.45) is 5.41 Å². The Morgan fingerprint density at radius 1 is 1.20 bits per heavy atom. The number of benzene rings is 1. The second kappa shape index (κ2) is 9.65. The molecule has 0 radical (unpaired) electrons. The van der Waals surface area contributed by atoms with Crippen molar-refractivity contribution in [2.45, 2.75) is 79.6 Å². The quantitative estimate of drug-likeness (QED) is 0.392. The highest BCUT2D eigenvalue weighted by Gasteiger charge is 2.31. The van der Waals surface area contributed by atoms with Crippen LogP contribution in [0.15, 0.2) is 12.1 Å². The number of ether oxygens (including phenoxy) is 1. The zero-order chi connectivity index (χ0) is 21.9. The van der Waals surface area contributed by atoms with Gasteiger partial charge in [-0.2, -0.15) is 0 Å². The number of aliphatic hydroxyl groups excluding tert-OH is 1. The van der Waals surface area contributed by atoms with E-state index in [4.69, 9.17) is 9.84 Å². The first-order chi connectivity index (χ1) is 14.3. The summed E-state index contributed by atoms with van der Waals surface area (Å²) in [7, 11) is 0. The van der Waals surface area contributed by atoms with E-state index < -0.39 is 0 Å². The Balaban J connectivity index is 1.71. The van der Waals surface area contributed by atoms with E-state index in [2.05, 4.69) is 46.8 Å². The van der Waals surface area contributed by atoms with Crippen molar-refractivity contribution in [2.75, 3.05) is 13.2 Å². The van der Waals surface area contributed by atoms with Crippen LogP contribution >= 0.6 is 11.3 Å². The first-order valence-corrected chi connectivity index (χ1v) is 12.1.